The summed E-state index contributed by atoms with van der Waals surface area (Å²) in [6.07, 6.45) is 4.52. The van der Waals surface area contributed by atoms with Gasteiger partial charge in [0, 0.05) is 38.7 Å². The number of aromatic nitrogens is 2. The van der Waals surface area contributed by atoms with Gasteiger partial charge in [-0.05, 0) is 54.6 Å². The van der Waals surface area contributed by atoms with Crippen molar-refractivity contribution in [2.75, 3.05) is 19.6 Å². The number of piperidine rings is 1. The van der Waals surface area contributed by atoms with Gasteiger partial charge in [0.1, 0.15) is 17.0 Å². The van der Waals surface area contributed by atoms with Crippen LogP contribution in [0.4, 0.5) is 8.78 Å². The van der Waals surface area contributed by atoms with Crippen molar-refractivity contribution in [2.24, 2.45) is 23.2 Å². The van der Waals surface area contributed by atoms with E-state index in [0.29, 0.717) is 35.1 Å². The van der Waals surface area contributed by atoms with E-state index in [1.807, 2.05) is 0 Å². The monoisotopic (exact) mass is 444 g/mol. The van der Waals surface area contributed by atoms with Crippen molar-refractivity contribution in [1.29, 1.82) is 0 Å². The largest absolute Gasteiger partial charge is 0.350 e. The molecule has 3 atom stereocenters. The second kappa shape index (κ2) is 7.52. The van der Waals surface area contributed by atoms with E-state index >= 15 is 0 Å². The van der Waals surface area contributed by atoms with E-state index in [0.717, 1.165) is 12.3 Å². The summed E-state index contributed by atoms with van der Waals surface area (Å²) in [6, 6.07) is 5.19. The molecule has 3 heterocycles. The normalized spacial score (nSPS) is 28.2. The molecule has 3 saturated carbocycles. The number of hydrogen-bond donors (Lipinski definition) is 1. The van der Waals surface area contributed by atoms with Gasteiger partial charge in [0.2, 0.25) is 0 Å². The van der Waals surface area contributed by atoms with Crippen molar-refractivity contribution >= 4 is 17.5 Å². The first-order valence-electron chi connectivity index (χ1n) is 11.6. The summed E-state index contributed by atoms with van der Waals surface area (Å²) in [7, 11) is 0. The molecule has 32 heavy (non-hydrogen) atoms. The first kappa shape index (κ1) is 21.3. The van der Waals surface area contributed by atoms with Crippen LogP contribution in [0.25, 0.3) is 5.65 Å². The summed E-state index contributed by atoms with van der Waals surface area (Å²) in [4.78, 5) is 31.6. The van der Waals surface area contributed by atoms with E-state index in [1.54, 1.807) is 28.8 Å². The molecule has 2 bridgehead atoms. The van der Waals surface area contributed by atoms with Crippen molar-refractivity contribution in [3.63, 3.8) is 0 Å². The van der Waals surface area contributed by atoms with Crippen LogP contribution in [0.3, 0.4) is 0 Å². The lowest BCUT2D eigenvalue weighted by Gasteiger charge is -2.60. The Labute approximate surface area is 186 Å². The van der Waals surface area contributed by atoms with E-state index in [4.69, 9.17) is 0 Å². The summed E-state index contributed by atoms with van der Waals surface area (Å²) < 4.78 is 28.5. The van der Waals surface area contributed by atoms with E-state index in [9.17, 15) is 18.4 Å². The molecule has 1 N–H and O–H groups in total. The maximum atomic E-state index is 13.4. The highest BCUT2D eigenvalue weighted by Gasteiger charge is 2.53. The number of nitrogens with one attached hydrogen (secondary N) is 1. The molecule has 6 rings (SSSR count). The summed E-state index contributed by atoms with van der Waals surface area (Å²) >= 11 is 0. The Morgan fingerprint density at radius 3 is 2.62 bits per heavy atom. The first-order valence-corrected chi connectivity index (χ1v) is 11.6. The second-order valence-corrected chi connectivity index (χ2v) is 10.3. The SMILES string of the molecule is CC1(C)[C@H]2CC[C@@H](CNC(=O)c3cccc4nc(C(=O)N5CCC(F)(F)CC5)cn34)[C@@H]1C2. The fourth-order valence-corrected chi connectivity index (χ4v) is 6.02. The van der Waals surface area contributed by atoms with Crippen molar-refractivity contribution in [2.45, 2.75) is 51.9 Å². The second-order valence-electron chi connectivity index (χ2n) is 10.3. The maximum absolute atomic E-state index is 13.4. The maximum Gasteiger partial charge on any atom is 0.274 e. The zero-order valence-corrected chi connectivity index (χ0v) is 18.6. The highest BCUT2D eigenvalue weighted by atomic mass is 19.3. The lowest BCUT2D eigenvalue weighted by Crippen LogP contribution is -2.54. The lowest BCUT2D eigenvalue weighted by atomic mass is 9.45. The number of fused-ring (bicyclic) bond motifs is 3. The molecule has 0 unspecified atom stereocenters. The first-order chi connectivity index (χ1) is 15.2. The van der Waals surface area contributed by atoms with Crippen LogP contribution in [-0.2, 0) is 0 Å². The number of hydrogen-bond acceptors (Lipinski definition) is 3. The van der Waals surface area contributed by atoms with Gasteiger partial charge < -0.3 is 10.2 Å². The molecule has 4 fully saturated rings. The van der Waals surface area contributed by atoms with Crippen molar-refractivity contribution in [3.05, 3.63) is 35.8 Å². The Bertz CT molecular complexity index is 1050. The number of nitrogens with zero attached hydrogens (tertiary/aromatic N) is 3. The third kappa shape index (κ3) is 3.57. The fourth-order valence-electron chi connectivity index (χ4n) is 6.02. The molecule has 1 saturated heterocycles. The zero-order chi connectivity index (χ0) is 22.7. The van der Waals surface area contributed by atoms with E-state index in [1.165, 1.54) is 17.7 Å². The Hall–Kier alpha value is -2.51. The van der Waals surface area contributed by atoms with Crippen molar-refractivity contribution < 1.29 is 18.4 Å². The van der Waals surface area contributed by atoms with Gasteiger partial charge >= 0.3 is 0 Å². The van der Waals surface area contributed by atoms with Crippen LogP contribution in [0.1, 0.15) is 66.9 Å². The molecule has 6 nitrogen and oxygen atoms in total. The quantitative estimate of drug-likeness (QED) is 0.775. The van der Waals surface area contributed by atoms with Gasteiger partial charge in [0.05, 0.1) is 0 Å². The molecule has 2 aromatic rings. The Morgan fingerprint density at radius 1 is 1.19 bits per heavy atom. The van der Waals surface area contributed by atoms with Gasteiger partial charge in [0.15, 0.2) is 0 Å². The summed E-state index contributed by atoms with van der Waals surface area (Å²) in [5.41, 5.74) is 1.45. The molecular weight excluding hydrogens is 414 g/mol. The van der Waals surface area contributed by atoms with Crippen LogP contribution in [0.2, 0.25) is 0 Å². The number of likely N-dealkylation sites (tertiary alicyclic amines) is 1. The number of amides is 2. The smallest absolute Gasteiger partial charge is 0.274 e. The highest BCUT2D eigenvalue weighted by molar-refractivity contribution is 5.95. The van der Waals surface area contributed by atoms with Crippen LogP contribution in [0, 0.1) is 23.2 Å². The molecule has 1 aliphatic heterocycles. The molecule has 2 aromatic heterocycles. The average Bonchev–Trinajstić information content (AvgIpc) is 3.21. The molecule has 172 valence electrons. The minimum Gasteiger partial charge on any atom is -0.350 e. The number of imidazole rings is 1. The third-order valence-electron chi connectivity index (χ3n) is 8.25. The van der Waals surface area contributed by atoms with Crippen LogP contribution in [-0.4, -0.2) is 51.7 Å². The van der Waals surface area contributed by atoms with Gasteiger partial charge in [-0.3, -0.25) is 14.0 Å². The van der Waals surface area contributed by atoms with Gasteiger partial charge in [0.25, 0.3) is 17.7 Å². The van der Waals surface area contributed by atoms with Gasteiger partial charge in [-0.2, -0.15) is 0 Å². The minimum atomic E-state index is -2.71. The summed E-state index contributed by atoms with van der Waals surface area (Å²) in [5.74, 6) is -1.30. The number of rotatable bonds is 4. The number of pyridine rings is 1. The van der Waals surface area contributed by atoms with Crippen LogP contribution in [0.5, 0.6) is 0 Å². The summed E-state index contributed by atoms with van der Waals surface area (Å²) in [6.45, 7) is 5.35. The Kier molecular flexibility index (Phi) is 5.02. The predicted molar refractivity (Wildman–Crippen MR) is 116 cm³/mol. The molecule has 3 aliphatic carbocycles. The highest BCUT2D eigenvalue weighted by Crippen LogP contribution is 2.61. The number of carbonyl (C=O) groups is 2. The molecule has 0 spiro atoms. The number of halogens is 2. The molecule has 0 radical (unpaired) electrons. The van der Waals surface area contributed by atoms with Crippen molar-refractivity contribution in [3.8, 4) is 0 Å². The van der Waals surface area contributed by atoms with E-state index in [2.05, 4.69) is 24.1 Å². The van der Waals surface area contributed by atoms with Crippen LogP contribution >= 0.6 is 0 Å². The zero-order valence-electron chi connectivity index (χ0n) is 18.6. The number of alkyl halides is 2. The fraction of sp³-hybridized carbons (Fsp3) is 0.625. The lowest BCUT2D eigenvalue weighted by molar-refractivity contribution is -0.103. The minimum absolute atomic E-state index is 0.00675. The third-order valence-corrected chi connectivity index (χ3v) is 8.25. The van der Waals surface area contributed by atoms with E-state index < -0.39 is 5.92 Å². The summed E-state index contributed by atoms with van der Waals surface area (Å²) in [5, 5.41) is 3.10. The predicted octanol–water partition coefficient (Wildman–Crippen LogP) is 4.01. The Balaban J connectivity index is 1.29. The standard InChI is InChI=1S/C24H30F2N4O2/c1-23(2)16-7-6-15(17(23)12-16)13-27-21(31)19-4-3-5-20-28-18(14-30(19)20)22(32)29-10-8-24(25,26)9-11-29/h3-5,14-17H,6-13H2,1-2H3,(H,27,31)/t15-,16-,17-/m0/s1. The topological polar surface area (TPSA) is 66.7 Å². The molecule has 0 aromatic carbocycles. The van der Waals surface area contributed by atoms with Gasteiger partial charge in [-0.1, -0.05) is 19.9 Å². The van der Waals surface area contributed by atoms with Gasteiger partial charge in [-0.25, -0.2) is 13.8 Å². The van der Waals surface area contributed by atoms with E-state index in [-0.39, 0.29) is 43.4 Å². The molecular formula is C24H30F2N4O2. The average molecular weight is 445 g/mol. The van der Waals surface area contributed by atoms with Crippen molar-refractivity contribution in [1.82, 2.24) is 19.6 Å². The molecule has 8 heteroatoms. The molecule has 2 amide bonds. The molecule has 4 aliphatic rings. The van der Waals surface area contributed by atoms with Crippen LogP contribution < -0.4 is 5.32 Å². The Morgan fingerprint density at radius 2 is 1.94 bits per heavy atom. The van der Waals surface area contributed by atoms with Crippen LogP contribution in [0.15, 0.2) is 24.4 Å². The van der Waals surface area contributed by atoms with Gasteiger partial charge in [-0.15, -0.1) is 0 Å². The number of carbonyl (C=O) groups excluding carboxylic acids is 2.